The predicted molar refractivity (Wildman–Crippen MR) is 253 cm³/mol. The maximum atomic E-state index is 12.8. The molecule has 2 unspecified atom stereocenters. The lowest BCUT2D eigenvalue weighted by Crippen LogP contribution is -2.40. The van der Waals surface area contributed by atoms with Gasteiger partial charge in [-0.2, -0.15) is 0 Å². The molecule has 9 heteroatoms. The van der Waals surface area contributed by atoms with E-state index >= 15 is 0 Å². The van der Waals surface area contributed by atoms with Crippen molar-refractivity contribution in [3.05, 3.63) is 85.1 Å². The molecule has 61 heavy (non-hydrogen) atoms. The molecule has 0 aromatic heterocycles. The van der Waals surface area contributed by atoms with Crippen molar-refractivity contribution in [2.75, 3.05) is 47.5 Å². The van der Waals surface area contributed by atoms with E-state index in [9.17, 15) is 19.5 Å². The molecule has 0 saturated carbocycles. The maximum absolute atomic E-state index is 12.8. The number of allylic oxidation sites excluding steroid dienone is 14. The van der Waals surface area contributed by atoms with Gasteiger partial charge in [-0.1, -0.05) is 157 Å². The third kappa shape index (κ3) is 44.3. The van der Waals surface area contributed by atoms with Gasteiger partial charge in [0.15, 0.2) is 6.10 Å². The van der Waals surface area contributed by atoms with Crippen molar-refractivity contribution >= 4 is 17.9 Å². The van der Waals surface area contributed by atoms with Gasteiger partial charge >= 0.3 is 17.9 Å². The summed E-state index contributed by atoms with van der Waals surface area (Å²) in [4.78, 5) is 37.2. The van der Waals surface area contributed by atoms with Crippen LogP contribution in [0.25, 0.3) is 0 Å². The largest absolute Gasteiger partial charge is 0.477 e. The molecule has 0 aromatic rings. The van der Waals surface area contributed by atoms with Gasteiger partial charge in [-0.05, 0) is 83.5 Å². The van der Waals surface area contributed by atoms with Crippen molar-refractivity contribution in [3.63, 3.8) is 0 Å². The van der Waals surface area contributed by atoms with Crippen LogP contribution in [0.3, 0.4) is 0 Å². The third-order valence-corrected chi connectivity index (χ3v) is 9.62. The lowest BCUT2D eigenvalue weighted by molar-refractivity contribution is -0.870. The molecule has 0 fully saturated rings. The van der Waals surface area contributed by atoms with Gasteiger partial charge in [0.2, 0.25) is 0 Å². The molecule has 1 N–H and O–H groups in total. The summed E-state index contributed by atoms with van der Waals surface area (Å²) in [5.74, 6) is -2.05. The first-order valence-corrected chi connectivity index (χ1v) is 23.8. The average molecular weight is 855 g/mol. The van der Waals surface area contributed by atoms with Crippen molar-refractivity contribution in [3.8, 4) is 0 Å². The molecule has 0 spiro atoms. The van der Waals surface area contributed by atoms with Crippen molar-refractivity contribution in [1.29, 1.82) is 0 Å². The van der Waals surface area contributed by atoms with Crippen LogP contribution in [0.2, 0.25) is 0 Å². The Hall–Kier alpha value is -3.53. The topological polar surface area (TPSA) is 108 Å². The summed E-state index contributed by atoms with van der Waals surface area (Å²) in [7, 11) is 5.94. The quantitative estimate of drug-likeness (QED) is 0.0213. The average Bonchev–Trinajstić information content (AvgIpc) is 3.22. The minimum Gasteiger partial charge on any atom is -0.477 e. The van der Waals surface area contributed by atoms with Gasteiger partial charge in [-0.15, -0.1) is 0 Å². The van der Waals surface area contributed by atoms with Gasteiger partial charge in [-0.3, -0.25) is 9.59 Å². The van der Waals surface area contributed by atoms with Crippen LogP contribution >= 0.6 is 0 Å². The Morgan fingerprint density at radius 2 is 0.934 bits per heavy atom. The van der Waals surface area contributed by atoms with Crippen LogP contribution in [0.1, 0.15) is 168 Å². The number of carboxylic acid groups (broad SMARTS) is 1. The summed E-state index contributed by atoms with van der Waals surface area (Å²) < 4.78 is 22.7. The normalized spacial score (nSPS) is 13.7. The van der Waals surface area contributed by atoms with Gasteiger partial charge in [0.1, 0.15) is 13.2 Å². The van der Waals surface area contributed by atoms with Crippen LogP contribution in [0.5, 0.6) is 0 Å². The molecule has 0 aliphatic carbocycles. The molecule has 0 saturated heterocycles. The van der Waals surface area contributed by atoms with Crippen molar-refractivity contribution in [2.45, 2.75) is 180 Å². The molecule has 0 heterocycles. The van der Waals surface area contributed by atoms with Gasteiger partial charge < -0.3 is 28.5 Å². The summed E-state index contributed by atoms with van der Waals surface area (Å²) in [6.45, 7) is 4.64. The first-order valence-electron chi connectivity index (χ1n) is 23.8. The second-order valence-electron chi connectivity index (χ2n) is 16.7. The summed E-state index contributed by atoms with van der Waals surface area (Å²) in [6.07, 6.45) is 52.1. The smallest absolute Gasteiger partial charge is 0.361 e. The Bertz CT molecular complexity index is 1270. The Morgan fingerprint density at radius 1 is 0.508 bits per heavy atom. The number of hydrogen-bond acceptors (Lipinski definition) is 7. The van der Waals surface area contributed by atoms with Crippen LogP contribution in [0.15, 0.2) is 85.1 Å². The van der Waals surface area contributed by atoms with Crippen LogP contribution in [-0.4, -0.2) is 87.4 Å². The number of likely N-dealkylation sites (N-methyl/N-ethyl adjacent to an activating group) is 1. The molecular weight excluding hydrogens is 767 g/mol. The van der Waals surface area contributed by atoms with Crippen molar-refractivity contribution in [1.82, 2.24) is 0 Å². The number of nitrogens with zero attached hydrogens (tertiary/aromatic N) is 1. The molecule has 0 amide bonds. The zero-order valence-electron chi connectivity index (χ0n) is 39.3. The standard InChI is InChI=1S/C52H87NO8/c1-6-8-10-12-14-16-18-20-21-22-23-24-25-26-27-28-29-31-33-35-37-39-41-43-50(55)61-48(47-60-52(51(56)57)58-45-44-53(3,4)5)46-59-49(54)42-40-38-36-34-32-30-19-17-15-13-11-9-7-2/h8,10-11,13-14,16-17,19-21,23-24,26-27,48,52H,6-7,9,12,15,18,22,25,28-47H2,1-5H3/p+1/b10-8-,13-11-,16-14-,19-17-,21-20-,24-23-,27-26-. The number of quaternary nitrogens is 1. The SMILES string of the molecule is CC/C=C\C/C=C\C/C=C\C/C=C\C/C=C\CCCCCCCCCC(=O)OC(COC(=O)CCCCCCC/C=C\C/C=C\CCC)COC(OCC[N+](C)(C)C)C(=O)O. The fraction of sp³-hybridized carbons (Fsp3) is 0.673. The minimum atomic E-state index is -1.52. The van der Waals surface area contributed by atoms with Gasteiger partial charge in [0, 0.05) is 12.8 Å². The van der Waals surface area contributed by atoms with Crippen LogP contribution in [0, 0.1) is 0 Å². The first kappa shape index (κ1) is 57.5. The van der Waals surface area contributed by atoms with E-state index in [1.54, 1.807) is 0 Å². The van der Waals surface area contributed by atoms with E-state index in [2.05, 4.69) is 98.9 Å². The number of rotatable bonds is 42. The molecule has 2 atom stereocenters. The van der Waals surface area contributed by atoms with E-state index in [-0.39, 0.29) is 38.6 Å². The number of ether oxygens (including phenoxy) is 4. The number of unbranched alkanes of at least 4 members (excludes halogenated alkanes) is 13. The highest BCUT2D eigenvalue weighted by Crippen LogP contribution is 2.13. The van der Waals surface area contributed by atoms with Gasteiger partial charge in [0.25, 0.3) is 6.29 Å². The molecule has 0 aromatic carbocycles. The third-order valence-electron chi connectivity index (χ3n) is 9.62. The monoisotopic (exact) mass is 855 g/mol. The second kappa shape index (κ2) is 43.1. The summed E-state index contributed by atoms with van der Waals surface area (Å²) in [6, 6.07) is 0. The highest BCUT2D eigenvalue weighted by molar-refractivity contribution is 5.71. The van der Waals surface area contributed by atoms with Crippen LogP contribution in [0.4, 0.5) is 0 Å². The fourth-order valence-electron chi connectivity index (χ4n) is 5.96. The van der Waals surface area contributed by atoms with E-state index in [0.29, 0.717) is 17.4 Å². The van der Waals surface area contributed by atoms with Crippen LogP contribution < -0.4 is 0 Å². The highest BCUT2D eigenvalue weighted by atomic mass is 16.7. The number of aliphatic carboxylic acids is 1. The van der Waals surface area contributed by atoms with E-state index in [4.69, 9.17) is 18.9 Å². The molecule has 0 aliphatic rings. The van der Waals surface area contributed by atoms with Crippen molar-refractivity contribution < 1.29 is 42.9 Å². The van der Waals surface area contributed by atoms with E-state index in [0.717, 1.165) is 109 Å². The molecule has 0 rings (SSSR count). The lowest BCUT2D eigenvalue weighted by Gasteiger charge is -2.25. The Balaban J connectivity index is 4.42. The Labute approximate surface area is 372 Å². The lowest BCUT2D eigenvalue weighted by atomic mass is 10.1. The predicted octanol–water partition coefficient (Wildman–Crippen LogP) is 12.9. The number of carbonyl (C=O) groups is 3. The van der Waals surface area contributed by atoms with Gasteiger partial charge in [-0.25, -0.2) is 4.79 Å². The number of hydrogen-bond donors (Lipinski definition) is 1. The molecule has 0 radical (unpaired) electrons. The Kier molecular flexibility index (Phi) is 40.6. The zero-order chi connectivity index (χ0) is 44.9. The molecular formula is C52H88NO8+. The maximum Gasteiger partial charge on any atom is 0.361 e. The van der Waals surface area contributed by atoms with Crippen LogP contribution in [-0.2, 0) is 33.3 Å². The second-order valence-corrected chi connectivity index (χ2v) is 16.7. The summed E-state index contributed by atoms with van der Waals surface area (Å²) in [5, 5.41) is 9.65. The van der Waals surface area contributed by atoms with E-state index in [1.165, 1.54) is 25.7 Å². The zero-order valence-corrected chi connectivity index (χ0v) is 39.3. The minimum absolute atomic E-state index is 0.178. The van der Waals surface area contributed by atoms with E-state index < -0.39 is 24.3 Å². The molecule has 9 nitrogen and oxygen atoms in total. The molecule has 0 aliphatic heterocycles. The summed E-state index contributed by atoms with van der Waals surface area (Å²) >= 11 is 0. The van der Waals surface area contributed by atoms with Gasteiger partial charge in [0.05, 0.1) is 34.4 Å². The number of carboxylic acids is 1. The molecule has 0 bridgehead atoms. The first-order chi connectivity index (χ1) is 29.6. The Morgan fingerprint density at radius 3 is 1.39 bits per heavy atom. The highest BCUT2D eigenvalue weighted by Gasteiger charge is 2.25. The number of esters is 2. The van der Waals surface area contributed by atoms with Crippen molar-refractivity contribution in [2.24, 2.45) is 0 Å². The summed E-state index contributed by atoms with van der Waals surface area (Å²) in [5.41, 5.74) is 0. The van der Waals surface area contributed by atoms with E-state index in [1.807, 2.05) is 21.1 Å². The fourth-order valence-corrected chi connectivity index (χ4v) is 5.96. The molecule has 348 valence electrons. The number of carbonyl (C=O) groups excluding carboxylic acids is 2.